The van der Waals surface area contributed by atoms with Gasteiger partial charge in [-0.25, -0.2) is 4.79 Å². The SMILES string of the molecule is NC(=S)CCSCc1ccc(C(=O)O)cc1. The maximum atomic E-state index is 10.6. The molecule has 16 heavy (non-hydrogen) atoms. The lowest BCUT2D eigenvalue weighted by Gasteiger charge is -2.02. The standard InChI is InChI=1S/C11H13NO2S2/c12-10(15)5-6-16-7-8-1-3-9(4-2-8)11(13)14/h1-4H,5-7H2,(H2,12,15)(H,13,14). The van der Waals surface area contributed by atoms with Crippen LogP contribution in [0.25, 0.3) is 0 Å². The van der Waals surface area contributed by atoms with Gasteiger partial charge in [-0.05, 0) is 23.4 Å². The van der Waals surface area contributed by atoms with Crippen molar-refractivity contribution in [2.75, 3.05) is 5.75 Å². The molecule has 0 aliphatic carbocycles. The van der Waals surface area contributed by atoms with E-state index in [0.29, 0.717) is 10.6 Å². The van der Waals surface area contributed by atoms with Crippen molar-refractivity contribution in [1.82, 2.24) is 0 Å². The molecule has 1 aromatic rings. The molecule has 3 nitrogen and oxygen atoms in total. The summed E-state index contributed by atoms with van der Waals surface area (Å²) in [6.07, 6.45) is 0.743. The van der Waals surface area contributed by atoms with E-state index >= 15 is 0 Å². The molecule has 0 fully saturated rings. The number of rotatable bonds is 6. The Morgan fingerprint density at radius 2 is 2.00 bits per heavy atom. The van der Waals surface area contributed by atoms with E-state index in [1.54, 1.807) is 23.9 Å². The first kappa shape index (κ1) is 13.0. The Labute approximate surface area is 104 Å². The number of hydrogen-bond acceptors (Lipinski definition) is 3. The molecular weight excluding hydrogens is 242 g/mol. The lowest BCUT2D eigenvalue weighted by Crippen LogP contribution is -2.08. The average Bonchev–Trinajstić information content (AvgIpc) is 2.25. The summed E-state index contributed by atoms with van der Waals surface area (Å²) in [5.41, 5.74) is 6.80. The van der Waals surface area contributed by atoms with Crippen molar-refractivity contribution in [2.45, 2.75) is 12.2 Å². The molecule has 0 aliphatic heterocycles. The third kappa shape index (κ3) is 4.63. The second-order valence-electron chi connectivity index (χ2n) is 3.27. The summed E-state index contributed by atoms with van der Waals surface area (Å²) < 4.78 is 0. The molecule has 1 rings (SSSR count). The lowest BCUT2D eigenvalue weighted by molar-refractivity contribution is 0.0697. The van der Waals surface area contributed by atoms with E-state index in [1.807, 2.05) is 12.1 Å². The third-order valence-corrected chi connectivity index (χ3v) is 3.20. The van der Waals surface area contributed by atoms with E-state index in [9.17, 15) is 4.79 Å². The van der Waals surface area contributed by atoms with Crippen molar-refractivity contribution in [2.24, 2.45) is 5.73 Å². The predicted octanol–water partition coefficient (Wildman–Crippen LogP) is 2.29. The maximum absolute atomic E-state index is 10.6. The molecule has 0 spiro atoms. The van der Waals surface area contributed by atoms with Crippen LogP contribution in [0.4, 0.5) is 0 Å². The van der Waals surface area contributed by atoms with Crippen LogP contribution >= 0.6 is 24.0 Å². The van der Waals surface area contributed by atoms with Crippen LogP contribution in [0.2, 0.25) is 0 Å². The van der Waals surface area contributed by atoms with Gasteiger partial charge in [-0.1, -0.05) is 24.4 Å². The molecule has 86 valence electrons. The Bertz CT molecular complexity index is 376. The fraction of sp³-hybridized carbons (Fsp3) is 0.273. The second kappa shape index (κ2) is 6.50. The van der Waals surface area contributed by atoms with E-state index in [2.05, 4.69) is 0 Å². The lowest BCUT2D eigenvalue weighted by atomic mass is 10.1. The van der Waals surface area contributed by atoms with Crippen molar-refractivity contribution >= 4 is 34.9 Å². The average molecular weight is 255 g/mol. The van der Waals surface area contributed by atoms with E-state index in [1.165, 1.54) is 0 Å². The largest absolute Gasteiger partial charge is 0.478 e. The molecule has 0 aliphatic rings. The van der Waals surface area contributed by atoms with Crippen molar-refractivity contribution < 1.29 is 9.90 Å². The Morgan fingerprint density at radius 1 is 1.38 bits per heavy atom. The Balaban J connectivity index is 2.38. The summed E-state index contributed by atoms with van der Waals surface area (Å²) in [7, 11) is 0. The molecule has 0 unspecified atom stereocenters. The van der Waals surface area contributed by atoms with Gasteiger partial charge in [0.15, 0.2) is 0 Å². The van der Waals surface area contributed by atoms with Crippen molar-refractivity contribution in [3.8, 4) is 0 Å². The number of nitrogens with two attached hydrogens (primary N) is 1. The molecule has 0 radical (unpaired) electrons. The first-order valence-corrected chi connectivity index (χ1v) is 6.34. The summed E-state index contributed by atoms with van der Waals surface area (Å²) >= 11 is 6.50. The highest BCUT2D eigenvalue weighted by atomic mass is 32.2. The highest BCUT2D eigenvalue weighted by Gasteiger charge is 2.01. The number of hydrogen-bond donors (Lipinski definition) is 2. The summed E-state index contributed by atoms with van der Waals surface area (Å²) in [5, 5.41) is 8.72. The van der Waals surface area contributed by atoms with E-state index in [0.717, 1.165) is 23.5 Å². The number of benzene rings is 1. The van der Waals surface area contributed by atoms with E-state index in [-0.39, 0.29) is 0 Å². The van der Waals surface area contributed by atoms with Gasteiger partial charge in [-0.3, -0.25) is 0 Å². The number of carboxylic acid groups (broad SMARTS) is 1. The van der Waals surface area contributed by atoms with Crippen LogP contribution in [0.5, 0.6) is 0 Å². The number of aromatic carboxylic acids is 1. The fourth-order valence-electron chi connectivity index (χ4n) is 1.11. The molecule has 0 amide bonds. The number of carboxylic acids is 1. The zero-order valence-electron chi connectivity index (χ0n) is 8.68. The smallest absolute Gasteiger partial charge is 0.335 e. The Hall–Kier alpha value is -1.07. The van der Waals surface area contributed by atoms with Crippen LogP contribution in [0.15, 0.2) is 24.3 Å². The molecule has 0 saturated carbocycles. The minimum atomic E-state index is -0.896. The topological polar surface area (TPSA) is 63.3 Å². The third-order valence-electron chi connectivity index (χ3n) is 1.96. The molecule has 0 heterocycles. The zero-order chi connectivity index (χ0) is 12.0. The van der Waals surface area contributed by atoms with Crippen LogP contribution < -0.4 is 5.73 Å². The highest BCUT2D eigenvalue weighted by Crippen LogP contribution is 2.14. The van der Waals surface area contributed by atoms with Gasteiger partial charge in [0.25, 0.3) is 0 Å². The van der Waals surface area contributed by atoms with Gasteiger partial charge in [-0.15, -0.1) is 0 Å². The molecule has 1 aromatic carbocycles. The van der Waals surface area contributed by atoms with Gasteiger partial charge in [0.2, 0.25) is 0 Å². The summed E-state index contributed by atoms with van der Waals surface area (Å²) in [5.74, 6) is 0.853. The molecular formula is C11H13NO2S2. The van der Waals surface area contributed by atoms with Gasteiger partial charge in [0.05, 0.1) is 10.6 Å². The van der Waals surface area contributed by atoms with Gasteiger partial charge < -0.3 is 10.8 Å². The molecule has 3 N–H and O–H groups in total. The van der Waals surface area contributed by atoms with Crippen molar-refractivity contribution in [3.05, 3.63) is 35.4 Å². The first-order valence-electron chi connectivity index (χ1n) is 4.78. The summed E-state index contributed by atoms with van der Waals surface area (Å²) in [6.45, 7) is 0. The normalized spacial score (nSPS) is 10.0. The quantitative estimate of drug-likeness (QED) is 0.603. The van der Waals surface area contributed by atoms with Crippen molar-refractivity contribution in [3.63, 3.8) is 0 Å². The van der Waals surface area contributed by atoms with Gasteiger partial charge >= 0.3 is 5.97 Å². The minimum Gasteiger partial charge on any atom is -0.478 e. The Kier molecular flexibility index (Phi) is 5.28. The number of thiocarbonyl (C=S) groups is 1. The number of carbonyl (C=O) groups is 1. The zero-order valence-corrected chi connectivity index (χ0v) is 10.3. The molecule has 0 bridgehead atoms. The number of thioether (sulfide) groups is 1. The highest BCUT2D eigenvalue weighted by molar-refractivity contribution is 7.98. The van der Waals surface area contributed by atoms with Gasteiger partial charge in [0, 0.05) is 12.2 Å². The monoisotopic (exact) mass is 255 g/mol. The van der Waals surface area contributed by atoms with Crippen LogP contribution in [0.1, 0.15) is 22.3 Å². The van der Waals surface area contributed by atoms with Crippen LogP contribution in [-0.4, -0.2) is 21.8 Å². The first-order chi connectivity index (χ1) is 7.59. The van der Waals surface area contributed by atoms with E-state index in [4.69, 9.17) is 23.1 Å². The second-order valence-corrected chi connectivity index (χ2v) is 4.90. The van der Waals surface area contributed by atoms with Crippen LogP contribution in [-0.2, 0) is 5.75 Å². The van der Waals surface area contributed by atoms with E-state index < -0.39 is 5.97 Å². The maximum Gasteiger partial charge on any atom is 0.335 e. The van der Waals surface area contributed by atoms with Crippen LogP contribution in [0.3, 0.4) is 0 Å². The summed E-state index contributed by atoms with van der Waals surface area (Å²) in [6, 6.07) is 6.89. The Morgan fingerprint density at radius 3 is 2.50 bits per heavy atom. The van der Waals surface area contributed by atoms with Gasteiger partial charge in [-0.2, -0.15) is 11.8 Å². The van der Waals surface area contributed by atoms with Gasteiger partial charge in [0.1, 0.15) is 0 Å². The van der Waals surface area contributed by atoms with Crippen molar-refractivity contribution in [1.29, 1.82) is 0 Å². The molecule has 5 heteroatoms. The molecule has 0 saturated heterocycles. The summed E-state index contributed by atoms with van der Waals surface area (Å²) in [4.78, 5) is 11.1. The fourth-order valence-corrected chi connectivity index (χ4v) is 2.27. The predicted molar refractivity (Wildman–Crippen MR) is 71.0 cm³/mol. The minimum absolute atomic E-state index is 0.317. The molecule has 0 aromatic heterocycles. The molecule has 0 atom stereocenters. The van der Waals surface area contributed by atoms with Crippen LogP contribution in [0, 0.1) is 0 Å².